The number of aromatic nitrogens is 2. The van der Waals surface area contributed by atoms with Gasteiger partial charge < -0.3 is 10.6 Å². The summed E-state index contributed by atoms with van der Waals surface area (Å²) in [7, 11) is 0. The van der Waals surface area contributed by atoms with Gasteiger partial charge in [0.05, 0.1) is 15.7 Å². The van der Waals surface area contributed by atoms with Crippen molar-refractivity contribution >= 4 is 29.1 Å². The topological polar surface area (TPSA) is 59.0 Å². The van der Waals surface area contributed by atoms with Crippen LogP contribution in [0.1, 0.15) is 16.9 Å². The van der Waals surface area contributed by atoms with Gasteiger partial charge in [0, 0.05) is 18.8 Å². The molecule has 1 aliphatic heterocycles. The fraction of sp³-hybridized carbons (Fsp3) is 0.286. The molecule has 0 saturated carbocycles. The minimum atomic E-state index is -0.164. The van der Waals surface area contributed by atoms with E-state index in [9.17, 15) is 4.79 Å². The molecule has 110 valence electrons. The second-order valence-corrected chi connectivity index (χ2v) is 5.72. The van der Waals surface area contributed by atoms with Gasteiger partial charge >= 0.3 is 0 Å². The minimum Gasteiger partial charge on any atom is -0.347 e. The summed E-state index contributed by atoms with van der Waals surface area (Å²) in [5.41, 5.74) is 1.14. The molecule has 1 saturated heterocycles. The predicted octanol–water partition coefficient (Wildman–Crippen LogP) is 2.27. The van der Waals surface area contributed by atoms with Crippen LogP contribution in [0.15, 0.2) is 30.5 Å². The second-order valence-electron chi connectivity index (χ2n) is 4.91. The predicted molar refractivity (Wildman–Crippen MR) is 82.3 cm³/mol. The summed E-state index contributed by atoms with van der Waals surface area (Å²) < 4.78 is 1.60. The maximum absolute atomic E-state index is 12.1. The van der Waals surface area contributed by atoms with E-state index in [1.807, 2.05) is 0 Å². The lowest BCUT2D eigenvalue weighted by molar-refractivity contribution is 0.0934. The third-order valence-corrected chi connectivity index (χ3v) is 4.12. The molecule has 21 heavy (non-hydrogen) atoms. The van der Waals surface area contributed by atoms with Crippen LogP contribution in [0.3, 0.4) is 0 Å². The van der Waals surface area contributed by atoms with Crippen molar-refractivity contribution in [2.24, 2.45) is 0 Å². The van der Waals surface area contributed by atoms with Crippen molar-refractivity contribution in [2.45, 2.75) is 12.5 Å². The lowest BCUT2D eigenvalue weighted by Crippen LogP contribution is -2.36. The molecule has 1 fully saturated rings. The lowest BCUT2D eigenvalue weighted by Gasteiger charge is -2.09. The quantitative estimate of drug-likeness (QED) is 0.910. The first kappa shape index (κ1) is 14.4. The first-order valence-corrected chi connectivity index (χ1v) is 7.42. The van der Waals surface area contributed by atoms with Gasteiger partial charge in [0.1, 0.15) is 0 Å². The van der Waals surface area contributed by atoms with Crippen LogP contribution in [0.4, 0.5) is 0 Å². The van der Waals surface area contributed by atoms with E-state index in [1.165, 1.54) is 0 Å². The molecule has 5 nitrogen and oxygen atoms in total. The Morgan fingerprint density at radius 2 is 2.19 bits per heavy atom. The molecule has 1 amide bonds. The molecular weight excluding hydrogens is 311 g/mol. The van der Waals surface area contributed by atoms with Gasteiger partial charge in [-0.1, -0.05) is 23.2 Å². The number of nitrogens with one attached hydrogen (secondary N) is 2. The molecule has 1 atom stereocenters. The van der Waals surface area contributed by atoms with Gasteiger partial charge in [0.15, 0.2) is 5.69 Å². The van der Waals surface area contributed by atoms with Crippen LogP contribution < -0.4 is 10.6 Å². The highest BCUT2D eigenvalue weighted by molar-refractivity contribution is 6.42. The van der Waals surface area contributed by atoms with Gasteiger partial charge in [-0.2, -0.15) is 5.10 Å². The fourth-order valence-electron chi connectivity index (χ4n) is 2.25. The SMILES string of the molecule is O=C(NC1CCNC1)c1ccn(-c2ccc(Cl)c(Cl)c2)n1. The van der Waals surface area contributed by atoms with E-state index in [2.05, 4.69) is 15.7 Å². The molecule has 0 spiro atoms. The van der Waals surface area contributed by atoms with Gasteiger partial charge in [-0.3, -0.25) is 4.79 Å². The Morgan fingerprint density at radius 1 is 1.33 bits per heavy atom. The van der Waals surface area contributed by atoms with E-state index >= 15 is 0 Å². The number of hydrogen-bond acceptors (Lipinski definition) is 3. The van der Waals surface area contributed by atoms with Crippen molar-refractivity contribution in [2.75, 3.05) is 13.1 Å². The number of carbonyl (C=O) groups is 1. The van der Waals surface area contributed by atoms with Gasteiger partial charge in [-0.25, -0.2) is 4.68 Å². The molecule has 2 aromatic rings. The Bertz CT molecular complexity index is 665. The third kappa shape index (κ3) is 3.20. The molecule has 1 aromatic heterocycles. The molecule has 0 aliphatic carbocycles. The molecule has 1 aromatic carbocycles. The molecule has 1 unspecified atom stereocenters. The Kier molecular flexibility index (Phi) is 4.14. The molecule has 2 heterocycles. The molecule has 7 heteroatoms. The zero-order chi connectivity index (χ0) is 14.8. The summed E-state index contributed by atoms with van der Waals surface area (Å²) in [5.74, 6) is -0.164. The lowest BCUT2D eigenvalue weighted by atomic mass is 10.2. The van der Waals surface area contributed by atoms with Crippen molar-refractivity contribution in [3.63, 3.8) is 0 Å². The van der Waals surface area contributed by atoms with Crippen LogP contribution in [0.5, 0.6) is 0 Å². The average Bonchev–Trinajstić information content (AvgIpc) is 3.12. The number of halogens is 2. The molecule has 0 radical (unpaired) electrons. The van der Waals surface area contributed by atoms with Crippen LogP contribution in [-0.4, -0.2) is 34.8 Å². The van der Waals surface area contributed by atoms with E-state index in [1.54, 1.807) is 35.1 Å². The average molecular weight is 325 g/mol. The van der Waals surface area contributed by atoms with E-state index in [-0.39, 0.29) is 11.9 Å². The molecular formula is C14H14Cl2N4O. The number of nitrogens with zero attached hydrogens (tertiary/aromatic N) is 2. The molecule has 2 N–H and O–H groups in total. The Hall–Kier alpha value is -1.56. The van der Waals surface area contributed by atoms with Crippen LogP contribution in [0.2, 0.25) is 10.0 Å². The highest BCUT2D eigenvalue weighted by atomic mass is 35.5. The molecule has 3 rings (SSSR count). The van der Waals surface area contributed by atoms with Crippen molar-refractivity contribution in [3.05, 3.63) is 46.2 Å². The number of carbonyl (C=O) groups excluding carboxylic acids is 1. The normalized spacial score (nSPS) is 17.9. The summed E-state index contributed by atoms with van der Waals surface area (Å²) in [6.07, 6.45) is 2.67. The summed E-state index contributed by atoms with van der Waals surface area (Å²) in [6.45, 7) is 1.74. The second kappa shape index (κ2) is 6.05. The maximum atomic E-state index is 12.1. The van der Waals surface area contributed by atoms with Crippen LogP contribution >= 0.6 is 23.2 Å². The van der Waals surface area contributed by atoms with Crippen LogP contribution in [-0.2, 0) is 0 Å². The zero-order valence-electron chi connectivity index (χ0n) is 11.1. The first-order chi connectivity index (χ1) is 10.1. The van der Waals surface area contributed by atoms with E-state index < -0.39 is 0 Å². The number of hydrogen-bond donors (Lipinski definition) is 2. The summed E-state index contributed by atoms with van der Waals surface area (Å²) in [4.78, 5) is 12.1. The Balaban J connectivity index is 1.75. The molecule has 0 bridgehead atoms. The number of amides is 1. The van der Waals surface area contributed by atoms with Gasteiger partial charge in [0.25, 0.3) is 5.91 Å². The van der Waals surface area contributed by atoms with Crippen LogP contribution in [0.25, 0.3) is 5.69 Å². The van der Waals surface area contributed by atoms with Crippen molar-refractivity contribution in [3.8, 4) is 5.69 Å². The van der Waals surface area contributed by atoms with Crippen molar-refractivity contribution in [1.82, 2.24) is 20.4 Å². The van der Waals surface area contributed by atoms with E-state index in [4.69, 9.17) is 23.2 Å². The Morgan fingerprint density at radius 3 is 2.90 bits per heavy atom. The van der Waals surface area contributed by atoms with E-state index in [0.29, 0.717) is 15.7 Å². The highest BCUT2D eigenvalue weighted by Gasteiger charge is 2.19. The standard InChI is InChI=1S/C14H14Cl2N4O/c15-11-2-1-10(7-12(11)16)20-6-4-13(19-20)14(21)18-9-3-5-17-8-9/h1-2,4,6-7,9,17H,3,5,8H2,(H,18,21). The summed E-state index contributed by atoms with van der Waals surface area (Å²) in [6, 6.07) is 7.06. The van der Waals surface area contributed by atoms with Crippen LogP contribution in [0, 0.1) is 0 Å². The fourth-order valence-corrected chi connectivity index (χ4v) is 2.55. The summed E-state index contributed by atoms with van der Waals surface area (Å²) >= 11 is 11.9. The van der Waals surface area contributed by atoms with Crippen molar-refractivity contribution in [1.29, 1.82) is 0 Å². The van der Waals surface area contributed by atoms with Gasteiger partial charge in [-0.05, 0) is 37.2 Å². The highest BCUT2D eigenvalue weighted by Crippen LogP contribution is 2.24. The first-order valence-electron chi connectivity index (χ1n) is 6.66. The van der Waals surface area contributed by atoms with Gasteiger partial charge in [0.2, 0.25) is 0 Å². The smallest absolute Gasteiger partial charge is 0.272 e. The maximum Gasteiger partial charge on any atom is 0.272 e. The minimum absolute atomic E-state index is 0.164. The number of rotatable bonds is 3. The largest absolute Gasteiger partial charge is 0.347 e. The van der Waals surface area contributed by atoms with E-state index in [0.717, 1.165) is 25.2 Å². The third-order valence-electron chi connectivity index (χ3n) is 3.38. The monoisotopic (exact) mass is 324 g/mol. The number of benzene rings is 1. The Labute approximate surface area is 132 Å². The van der Waals surface area contributed by atoms with Gasteiger partial charge in [-0.15, -0.1) is 0 Å². The summed E-state index contributed by atoms with van der Waals surface area (Å²) in [5, 5.41) is 11.4. The zero-order valence-corrected chi connectivity index (χ0v) is 12.7. The molecule has 1 aliphatic rings. The van der Waals surface area contributed by atoms with Crippen molar-refractivity contribution < 1.29 is 4.79 Å².